The van der Waals surface area contributed by atoms with E-state index in [-0.39, 0.29) is 24.1 Å². The molecule has 0 fully saturated rings. The highest BCUT2D eigenvalue weighted by molar-refractivity contribution is 6.00. The van der Waals surface area contributed by atoms with Gasteiger partial charge < -0.3 is 4.74 Å². The van der Waals surface area contributed by atoms with Crippen molar-refractivity contribution in [3.05, 3.63) is 35.4 Å². The molecule has 1 aromatic carbocycles. The molecule has 0 saturated carbocycles. The second-order valence-electron chi connectivity index (χ2n) is 3.86. The normalized spacial score (nSPS) is 11.9. The van der Waals surface area contributed by atoms with Crippen LogP contribution in [0.3, 0.4) is 0 Å². The zero-order valence-electron chi connectivity index (χ0n) is 9.82. The number of esters is 1. The first kappa shape index (κ1) is 12.4. The van der Waals surface area contributed by atoms with E-state index in [1.807, 2.05) is 25.1 Å². The third-order valence-corrected chi connectivity index (χ3v) is 2.56. The van der Waals surface area contributed by atoms with Gasteiger partial charge in [-0.15, -0.1) is 0 Å². The van der Waals surface area contributed by atoms with Gasteiger partial charge in [-0.3, -0.25) is 9.59 Å². The Balaban J connectivity index is 2.79. The SMILES string of the molecule is COC(=O)CC(C)C(=O)c1ccccc1C. The van der Waals surface area contributed by atoms with E-state index in [1.165, 1.54) is 7.11 Å². The van der Waals surface area contributed by atoms with E-state index in [0.717, 1.165) is 5.56 Å². The van der Waals surface area contributed by atoms with E-state index < -0.39 is 0 Å². The Labute approximate surface area is 95.4 Å². The summed E-state index contributed by atoms with van der Waals surface area (Å²) < 4.78 is 4.55. The van der Waals surface area contributed by atoms with Crippen LogP contribution in [0, 0.1) is 12.8 Å². The van der Waals surface area contributed by atoms with Crippen LogP contribution >= 0.6 is 0 Å². The summed E-state index contributed by atoms with van der Waals surface area (Å²) in [7, 11) is 1.33. The molecule has 0 aliphatic rings. The van der Waals surface area contributed by atoms with Crippen molar-refractivity contribution in [2.45, 2.75) is 20.3 Å². The number of ketones is 1. The van der Waals surface area contributed by atoms with Gasteiger partial charge in [0.15, 0.2) is 5.78 Å². The molecule has 86 valence electrons. The fourth-order valence-electron chi connectivity index (χ4n) is 1.54. The monoisotopic (exact) mass is 220 g/mol. The number of methoxy groups -OCH3 is 1. The van der Waals surface area contributed by atoms with Crippen molar-refractivity contribution in [3.63, 3.8) is 0 Å². The van der Waals surface area contributed by atoms with Crippen LogP contribution in [-0.4, -0.2) is 18.9 Å². The van der Waals surface area contributed by atoms with Crippen molar-refractivity contribution >= 4 is 11.8 Å². The van der Waals surface area contributed by atoms with Gasteiger partial charge in [-0.25, -0.2) is 0 Å². The highest BCUT2D eigenvalue weighted by Crippen LogP contribution is 2.15. The summed E-state index contributed by atoms with van der Waals surface area (Å²) in [5.74, 6) is -0.702. The number of hydrogen-bond acceptors (Lipinski definition) is 3. The molecule has 0 aliphatic carbocycles. The van der Waals surface area contributed by atoms with Gasteiger partial charge in [0.25, 0.3) is 0 Å². The van der Waals surface area contributed by atoms with Gasteiger partial charge in [-0.1, -0.05) is 31.2 Å². The summed E-state index contributed by atoms with van der Waals surface area (Å²) in [6, 6.07) is 7.38. The number of hydrogen-bond donors (Lipinski definition) is 0. The van der Waals surface area contributed by atoms with Crippen LogP contribution in [-0.2, 0) is 9.53 Å². The van der Waals surface area contributed by atoms with Gasteiger partial charge in [0.1, 0.15) is 0 Å². The molecule has 0 radical (unpaired) electrons. The molecule has 1 aromatic rings. The van der Waals surface area contributed by atoms with Crippen LogP contribution < -0.4 is 0 Å². The van der Waals surface area contributed by atoms with Crippen LogP contribution in [0.5, 0.6) is 0 Å². The molecule has 3 heteroatoms. The largest absolute Gasteiger partial charge is 0.469 e. The minimum absolute atomic E-state index is 0.0106. The predicted molar refractivity (Wildman–Crippen MR) is 61.3 cm³/mol. The number of benzene rings is 1. The molecule has 1 atom stereocenters. The van der Waals surface area contributed by atoms with E-state index >= 15 is 0 Å². The van der Waals surface area contributed by atoms with Gasteiger partial charge in [-0.2, -0.15) is 0 Å². The number of carbonyl (C=O) groups excluding carboxylic acids is 2. The van der Waals surface area contributed by atoms with Crippen LogP contribution in [0.15, 0.2) is 24.3 Å². The average Bonchev–Trinajstić information content (AvgIpc) is 2.28. The van der Waals surface area contributed by atoms with Crippen LogP contribution in [0.2, 0.25) is 0 Å². The highest BCUT2D eigenvalue weighted by atomic mass is 16.5. The molecule has 0 heterocycles. The standard InChI is InChI=1S/C13H16O3/c1-9-6-4-5-7-11(9)13(15)10(2)8-12(14)16-3/h4-7,10H,8H2,1-3H3. The third kappa shape index (κ3) is 2.92. The molecule has 1 rings (SSSR count). The summed E-state index contributed by atoms with van der Waals surface area (Å²) in [6.45, 7) is 3.63. The Morgan fingerprint density at radius 2 is 1.94 bits per heavy atom. The van der Waals surface area contributed by atoms with E-state index in [0.29, 0.717) is 5.56 Å². The first-order valence-electron chi connectivity index (χ1n) is 5.23. The van der Waals surface area contributed by atoms with Crippen molar-refractivity contribution < 1.29 is 14.3 Å². The number of Topliss-reactive ketones (excluding diaryl/α,β-unsaturated/α-hetero) is 1. The molecule has 0 spiro atoms. The molecule has 0 aromatic heterocycles. The number of aryl methyl sites for hydroxylation is 1. The fourth-order valence-corrected chi connectivity index (χ4v) is 1.54. The number of ether oxygens (including phenoxy) is 1. The van der Waals surface area contributed by atoms with Crippen molar-refractivity contribution in [3.8, 4) is 0 Å². The Morgan fingerprint density at radius 3 is 2.50 bits per heavy atom. The zero-order chi connectivity index (χ0) is 12.1. The van der Waals surface area contributed by atoms with E-state index in [4.69, 9.17) is 0 Å². The zero-order valence-corrected chi connectivity index (χ0v) is 9.82. The Morgan fingerprint density at radius 1 is 1.31 bits per heavy atom. The van der Waals surface area contributed by atoms with Crippen LogP contribution in [0.4, 0.5) is 0 Å². The second kappa shape index (κ2) is 5.45. The Kier molecular flexibility index (Phi) is 4.23. The van der Waals surface area contributed by atoms with Gasteiger partial charge in [-0.05, 0) is 12.5 Å². The Bertz CT molecular complexity index is 396. The molecule has 0 amide bonds. The first-order valence-corrected chi connectivity index (χ1v) is 5.23. The van der Waals surface area contributed by atoms with Gasteiger partial charge >= 0.3 is 5.97 Å². The van der Waals surface area contributed by atoms with Crippen molar-refractivity contribution in [1.29, 1.82) is 0 Å². The lowest BCUT2D eigenvalue weighted by Gasteiger charge is -2.10. The number of carbonyl (C=O) groups is 2. The summed E-state index contributed by atoms with van der Waals surface area (Å²) in [4.78, 5) is 23.1. The van der Waals surface area contributed by atoms with Gasteiger partial charge in [0.2, 0.25) is 0 Å². The summed E-state index contributed by atoms with van der Waals surface area (Å²) >= 11 is 0. The van der Waals surface area contributed by atoms with Crippen LogP contribution in [0.1, 0.15) is 29.3 Å². The molecule has 16 heavy (non-hydrogen) atoms. The van der Waals surface area contributed by atoms with E-state index in [1.54, 1.807) is 13.0 Å². The maximum absolute atomic E-state index is 12.0. The van der Waals surface area contributed by atoms with E-state index in [9.17, 15) is 9.59 Å². The summed E-state index contributed by atoms with van der Waals surface area (Å²) in [5, 5.41) is 0. The molecule has 0 bridgehead atoms. The molecular formula is C13H16O3. The third-order valence-electron chi connectivity index (χ3n) is 2.56. The lowest BCUT2D eigenvalue weighted by molar-refractivity contribution is -0.141. The number of rotatable bonds is 4. The molecule has 0 N–H and O–H groups in total. The first-order chi connectivity index (χ1) is 7.56. The molecule has 1 unspecified atom stereocenters. The summed E-state index contributed by atoms with van der Waals surface area (Å²) in [6.07, 6.45) is 0.129. The lowest BCUT2D eigenvalue weighted by Crippen LogP contribution is -2.17. The maximum Gasteiger partial charge on any atom is 0.306 e. The quantitative estimate of drug-likeness (QED) is 0.578. The van der Waals surface area contributed by atoms with Gasteiger partial charge in [0.05, 0.1) is 13.5 Å². The van der Waals surface area contributed by atoms with Crippen molar-refractivity contribution in [1.82, 2.24) is 0 Å². The average molecular weight is 220 g/mol. The molecule has 0 aliphatic heterocycles. The summed E-state index contributed by atoms with van der Waals surface area (Å²) in [5.41, 5.74) is 1.61. The molecule has 0 saturated heterocycles. The highest BCUT2D eigenvalue weighted by Gasteiger charge is 2.19. The van der Waals surface area contributed by atoms with Gasteiger partial charge in [0, 0.05) is 11.5 Å². The van der Waals surface area contributed by atoms with Crippen LogP contribution in [0.25, 0.3) is 0 Å². The van der Waals surface area contributed by atoms with E-state index in [2.05, 4.69) is 4.74 Å². The minimum atomic E-state index is -0.352. The lowest BCUT2D eigenvalue weighted by atomic mass is 9.94. The predicted octanol–water partition coefficient (Wildman–Crippen LogP) is 2.38. The molecule has 3 nitrogen and oxygen atoms in total. The Hall–Kier alpha value is -1.64. The van der Waals surface area contributed by atoms with Crippen molar-refractivity contribution in [2.75, 3.05) is 7.11 Å². The maximum atomic E-state index is 12.0. The second-order valence-corrected chi connectivity index (χ2v) is 3.86. The minimum Gasteiger partial charge on any atom is -0.469 e. The molecular weight excluding hydrogens is 204 g/mol. The van der Waals surface area contributed by atoms with Crippen molar-refractivity contribution in [2.24, 2.45) is 5.92 Å². The fraction of sp³-hybridized carbons (Fsp3) is 0.385. The smallest absolute Gasteiger partial charge is 0.306 e. The topological polar surface area (TPSA) is 43.4 Å².